The quantitative estimate of drug-likeness (QED) is 0.565. The smallest absolute Gasteiger partial charge is 0.229 e. The summed E-state index contributed by atoms with van der Waals surface area (Å²) >= 11 is 6.74. The standard InChI is InChI=1S/C19H23ClN8O/c1-11-9-16(21-2)25-19(23-11)24-13-6-7-15(29-3)18(17(13)20)28-10-14(26-27-28)12-5-4-8-22-12/h6-7,9-10,12,22H,4-5,8H2,1-3H3,(H2,21,23,24,25). The second-order valence-electron chi connectivity index (χ2n) is 6.81. The lowest BCUT2D eigenvalue weighted by Crippen LogP contribution is -2.13. The summed E-state index contributed by atoms with van der Waals surface area (Å²) in [5.74, 6) is 1.76. The molecule has 2 aromatic heterocycles. The van der Waals surface area contributed by atoms with Crippen molar-refractivity contribution >= 4 is 29.1 Å². The van der Waals surface area contributed by atoms with Crippen LogP contribution in [0.4, 0.5) is 17.5 Å². The van der Waals surface area contributed by atoms with Crippen LogP contribution in [0.1, 0.15) is 30.3 Å². The molecule has 1 aromatic carbocycles. The minimum absolute atomic E-state index is 0.218. The second-order valence-corrected chi connectivity index (χ2v) is 7.19. The van der Waals surface area contributed by atoms with Crippen LogP contribution in [0.5, 0.6) is 5.75 Å². The number of benzene rings is 1. The first kappa shape index (κ1) is 19.4. The maximum absolute atomic E-state index is 6.74. The summed E-state index contributed by atoms with van der Waals surface area (Å²) < 4.78 is 7.17. The maximum Gasteiger partial charge on any atom is 0.229 e. The van der Waals surface area contributed by atoms with E-state index in [0.29, 0.717) is 28.1 Å². The molecule has 0 amide bonds. The number of halogens is 1. The fourth-order valence-corrected chi connectivity index (χ4v) is 3.67. The summed E-state index contributed by atoms with van der Waals surface area (Å²) in [5.41, 5.74) is 2.98. The van der Waals surface area contributed by atoms with Gasteiger partial charge in [0.2, 0.25) is 5.95 Å². The van der Waals surface area contributed by atoms with Gasteiger partial charge in [-0.1, -0.05) is 16.8 Å². The lowest BCUT2D eigenvalue weighted by molar-refractivity contribution is 0.411. The Hall–Kier alpha value is -2.91. The first-order chi connectivity index (χ1) is 14.1. The molecule has 1 unspecified atom stereocenters. The molecule has 0 aliphatic carbocycles. The van der Waals surface area contributed by atoms with E-state index in [2.05, 4.69) is 36.2 Å². The highest BCUT2D eigenvalue weighted by Crippen LogP contribution is 2.37. The van der Waals surface area contributed by atoms with Crippen LogP contribution < -0.4 is 20.7 Å². The zero-order valence-corrected chi connectivity index (χ0v) is 17.3. The molecule has 0 saturated carbocycles. The molecule has 3 aromatic rings. The van der Waals surface area contributed by atoms with E-state index in [1.807, 2.05) is 38.4 Å². The molecule has 1 fully saturated rings. The van der Waals surface area contributed by atoms with E-state index in [9.17, 15) is 0 Å². The number of hydrogen-bond acceptors (Lipinski definition) is 8. The van der Waals surface area contributed by atoms with Gasteiger partial charge in [-0.25, -0.2) is 9.67 Å². The van der Waals surface area contributed by atoms with Gasteiger partial charge in [0.05, 0.1) is 30.1 Å². The van der Waals surface area contributed by atoms with Crippen molar-refractivity contribution < 1.29 is 4.74 Å². The predicted octanol–water partition coefficient (Wildman–Crippen LogP) is 3.24. The molecule has 29 heavy (non-hydrogen) atoms. The minimum atomic E-state index is 0.218. The third-order valence-corrected chi connectivity index (χ3v) is 5.20. The number of ether oxygens (including phenoxy) is 1. The molecule has 0 bridgehead atoms. The Bertz CT molecular complexity index is 1020. The first-order valence-electron chi connectivity index (χ1n) is 9.42. The van der Waals surface area contributed by atoms with E-state index in [1.165, 1.54) is 0 Å². The van der Waals surface area contributed by atoms with Gasteiger partial charge >= 0.3 is 0 Å². The minimum Gasteiger partial charge on any atom is -0.494 e. The number of aromatic nitrogens is 5. The zero-order chi connectivity index (χ0) is 20.4. The highest BCUT2D eigenvalue weighted by Gasteiger charge is 2.22. The predicted molar refractivity (Wildman–Crippen MR) is 112 cm³/mol. The van der Waals surface area contributed by atoms with E-state index in [0.717, 1.165) is 36.6 Å². The summed E-state index contributed by atoms with van der Waals surface area (Å²) in [7, 11) is 3.41. The summed E-state index contributed by atoms with van der Waals surface area (Å²) in [6, 6.07) is 5.73. The SMILES string of the molecule is CNc1cc(C)nc(Nc2ccc(OC)c(-n3cc(C4CCCN4)nn3)c2Cl)n1. The normalized spacial score (nSPS) is 16.1. The van der Waals surface area contributed by atoms with Gasteiger partial charge in [0.25, 0.3) is 0 Å². The van der Waals surface area contributed by atoms with Crippen LogP contribution >= 0.6 is 11.6 Å². The number of rotatable bonds is 6. The Morgan fingerprint density at radius 2 is 2.17 bits per heavy atom. The Kier molecular flexibility index (Phi) is 5.50. The third kappa shape index (κ3) is 3.96. The molecule has 1 saturated heterocycles. The molecule has 9 nitrogen and oxygen atoms in total. The van der Waals surface area contributed by atoms with Crippen molar-refractivity contribution in [2.24, 2.45) is 0 Å². The van der Waals surface area contributed by atoms with Crippen LogP contribution in [-0.4, -0.2) is 45.7 Å². The van der Waals surface area contributed by atoms with E-state index in [1.54, 1.807) is 11.8 Å². The van der Waals surface area contributed by atoms with E-state index in [-0.39, 0.29) is 6.04 Å². The van der Waals surface area contributed by atoms with Crippen molar-refractivity contribution in [2.45, 2.75) is 25.8 Å². The van der Waals surface area contributed by atoms with Crippen molar-refractivity contribution in [2.75, 3.05) is 31.3 Å². The summed E-state index contributed by atoms with van der Waals surface area (Å²) in [4.78, 5) is 8.85. The fraction of sp³-hybridized carbons (Fsp3) is 0.368. The number of nitrogens with one attached hydrogen (secondary N) is 3. The van der Waals surface area contributed by atoms with Crippen molar-refractivity contribution in [1.82, 2.24) is 30.3 Å². The average molecular weight is 415 g/mol. The van der Waals surface area contributed by atoms with Gasteiger partial charge in [-0.15, -0.1) is 5.10 Å². The molecule has 10 heteroatoms. The number of aryl methyl sites for hydroxylation is 1. The average Bonchev–Trinajstić information content (AvgIpc) is 3.40. The summed E-state index contributed by atoms with van der Waals surface area (Å²) in [6.07, 6.45) is 4.06. The Labute approximate surface area is 173 Å². The number of anilines is 3. The van der Waals surface area contributed by atoms with Crippen LogP contribution in [0.2, 0.25) is 5.02 Å². The topological polar surface area (TPSA) is 102 Å². The Morgan fingerprint density at radius 3 is 2.90 bits per heavy atom. The van der Waals surface area contributed by atoms with Gasteiger partial charge in [0.15, 0.2) is 0 Å². The van der Waals surface area contributed by atoms with Crippen molar-refractivity contribution in [3.8, 4) is 11.4 Å². The largest absolute Gasteiger partial charge is 0.494 e. The molecule has 1 aliphatic rings. The molecule has 152 valence electrons. The molecule has 0 radical (unpaired) electrons. The van der Waals surface area contributed by atoms with Gasteiger partial charge < -0.3 is 20.7 Å². The molecule has 1 aliphatic heterocycles. The van der Waals surface area contributed by atoms with Crippen LogP contribution in [0.25, 0.3) is 5.69 Å². The lowest BCUT2D eigenvalue weighted by atomic mass is 10.2. The van der Waals surface area contributed by atoms with Crippen LogP contribution in [0.15, 0.2) is 24.4 Å². The molecule has 4 rings (SSSR count). The van der Waals surface area contributed by atoms with Crippen molar-refractivity contribution in [1.29, 1.82) is 0 Å². The van der Waals surface area contributed by atoms with Crippen LogP contribution in [0.3, 0.4) is 0 Å². The van der Waals surface area contributed by atoms with E-state index >= 15 is 0 Å². The van der Waals surface area contributed by atoms with Crippen LogP contribution in [0, 0.1) is 6.92 Å². The van der Waals surface area contributed by atoms with Gasteiger partial charge in [0.1, 0.15) is 22.9 Å². The molecular weight excluding hydrogens is 392 g/mol. The van der Waals surface area contributed by atoms with Crippen molar-refractivity contribution in [3.63, 3.8) is 0 Å². The van der Waals surface area contributed by atoms with E-state index in [4.69, 9.17) is 16.3 Å². The maximum atomic E-state index is 6.74. The molecule has 3 N–H and O–H groups in total. The molecule has 1 atom stereocenters. The monoisotopic (exact) mass is 414 g/mol. The molecule has 0 spiro atoms. The summed E-state index contributed by atoms with van der Waals surface area (Å²) in [5, 5.41) is 18.7. The van der Waals surface area contributed by atoms with Gasteiger partial charge in [0, 0.05) is 18.8 Å². The van der Waals surface area contributed by atoms with Gasteiger partial charge in [-0.3, -0.25) is 0 Å². The lowest BCUT2D eigenvalue weighted by Gasteiger charge is -2.15. The Morgan fingerprint density at radius 1 is 1.31 bits per heavy atom. The zero-order valence-electron chi connectivity index (χ0n) is 16.5. The van der Waals surface area contributed by atoms with Gasteiger partial charge in [-0.05, 0) is 38.4 Å². The number of nitrogens with zero attached hydrogens (tertiary/aromatic N) is 5. The third-order valence-electron chi connectivity index (χ3n) is 4.81. The number of hydrogen-bond donors (Lipinski definition) is 3. The Balaban J connectivity index is 1.70. The van der Waals surface area contributed by atoms with Gasteiger partial charge in [-0.2, -0.15) is 4.98 Å². The first-order valence-corrected chi connectivity index (χ1v) is 9.80. The van der Waals surface area contributed by atoms with Crippen LogP contribution in [-0.2, 0) is 0 Å². The molecule has 3 heterocycles. The summed E-state index contributed by atoms with van der Waals surface area (Å²) in [6.45, 7) is 2.90. The highest BCUT2D eigenvalue weighted by molar-refractivity contribution is 6.35. The number of methoxy groups -OCH3 is 1. The van der Waals surface area contributed by atoms with E-state index < -0.39 is 0 Å². The second kappa shape index (κ2) is 8.22. The fourth-order valence-electron chi connectivity index (χ4n) is 3.38. The van der Waals surface area contributed by atoms with Crippen molar-refractivity contribution in [3.05, 3.63) is 40.8 Å². The highest BCUT2D eigenvalue weighted by atomic mass is 35.5. The molecular formula is C19H23ClN8O.